The zero-order valence-electron chi connectivity index (χ0n) is 17.5. The summed E-state index contributed by atoms with van der Waals surface area (Å²) < 4.78 is 66.1. The fourth-order valence-corrected chi connectivity index (χ4v) is 2.73. The maximum atomic E-state index is 14.6. The SMILES string of the molecule is CC(=O)C(C)Oc1ncccc1Oc1cc(N(N)/C(=C\C(=O)NC=O)C(F)(F)F)c(F)cc1Br. The van der Waals surface area contributed by atoms with Crippen molar-refractivity contribution in [1.82, 2.24) is 10.3 Å². The van der Waals surface area contributed by atoms with E-state index < -0.39 is 35.4 Å². The number of aromatic nitrogens is 1. The van der Waals surface area contributed by atoms with Crippen molar-refractivity contribution in [3.05, 3.63) is 52.5 Å². The number of hydrogen-bond donors (Lipinski definition) is 2. The highest BCUT2D eigenvalue weighted by Gasteiger charge is 2.39. The first-order chi connectivity index (χ1) is 15.8. The van der Waals surface area contributed by atoms with E-state index in [2.05, 4.69) is 20.9 Å². The first-order valence-electron chi connectivity index (χ1n) is 9.22. The second-order valence-corrected chi connectivity index (χ2v) is 7.39. The zero-order chi connectivity index (χ0) is 25.6. The molecule has 3 N–H and O–H groups in total. The van der Waals surface area contributed by atoms with Crippen LogP contribution in [0.15, 0.2) is 46.7 Å². The standard InChI is InChI=1S/C20H17BrF4N4O5/c1-10(31)11(2)33-19-15(4-3-5-27-19)34-16-7-14(13(22)6-12(16)21)29(26)17(20(23,24)25)8-18(32)28-9-30/h3-9,11H,26H2,1-2H3,(H,28,30,32)/b17-8-. The van der Waals surface area contributed by atoms with E-state index in [1.165, 1.54) is 37.5 Å². The molecule has 0 radical (unpaired) electrons. The van der Waals surface area contributed by atoms with Crippen molar-refractivity contribution in [2.24, 2.45) is 5.84 Å². The Labute approximate surface area is 198 Å². The number of nitrogens with one attached hydrogen (secondary N) is 1. The number of pyridine rings is 1. The van der Waals surface area contributed by atoms with Crippen LogP contribution in [-0.2, 0) is 14.4 Å². The molecule has 1 atom stereocenters. The molecule has 0 aliphatic rings. The molecule has 1 heterocycles. The van der Waals surface area contributed by atoms with Crippen LogP contribution in [0, 0.1) is 5.82 Å². The molecule has 182 valence electrons. The summed E-state index contributed by atoms with van der Waals surface area (Å²) in [5.41, 5.74) is -2.58. The van der Waals surface area contributed by atoms with Gasteiger partial charge in [-0.3, -0.25) is 24.7 Å². The quantitative estimate of drug-likeness (QED) is 0.160. The van der Waals surface area contributed by atoms with Gasteiger partial charge in [0.15, 0.2) is 17.6 Å². The van der Waals surface area contributed by atoms with Gasteiger partial charge in [-0.1, -0.05) is 0 Å². The number of benzene rings is 1. The third-order valence-corrected chi connectivity index (χ3v) is 4.72. The van der Waals surface area contributed by atoms with Crippen LogP contribution in [0.3, 0.4) is 0 Å². The average Bonchev–Trinajstić information content (AvgIpc) is 2.74. The van der Waals surface area contributed by atoms with Gasteiger partial charge >= 0.3 is 6.18 Å². The molecule has 2 rings (SSSR count). The number of carbonyl (C=O) groups is 3. The summed E-state index contributed by atoms with van der Waals surface area (Å²) in [5.74, 6) is 2.25. The molecule has 2 amide bonds. The summed E-state index contributed by atoms with van der Waals surface area (Å²) in [6.45, 7) is 2.78. The van der Waals surface area contributed by atoms with Crippen LogP contribution < -0.4 is 25.6 Å². The van der Waals surface area contributed by atoms with Gasteiger partial charge < -0.3 is 9.47 Å². The number of anilines is 1. The number of carbonyl (C=O) groups excluding carboxylic acids is 3. The number of amides is 2. The van der Waals surface area contributed by atoms with Crippen LogP contribution in [0.1, 0.15) is 13.8 Å². The minimum Gasteiger partial charge on any atom is -0.464 e. The van der Waals surface area contributed by atoms with E-state index in [1.807, 2.05) is 0 Å². The molecule has 0 spiro atoms. The number of allylic oxidation sites excluding steroid dienone is 1. The molecule has 2 aromatic rings. The Morgan fingerprint density at radius 1 is 1.29 bits per heavy atom. The molecule has 0 aliphatic carbocycles. The highest BCUT2D eigenvalue weighted by Crippen LogP contribution is 2.39. The van der Waals surface area contributed by atoms with Crippen molar-refractivity contribution >= 4 is 39.7 Å². The van der Waals surface area contributed by atoms with Crippen LogP contribution in [0.5, 0.6) is 17.4 Å². The maximum Gasteiger partial charge on any atom is 0.433 e. The highest BCUT2D eigenvalue weighted by atomic mass is 79.9. The van der Waals surface area contributed by atoms with Crippen molar-refractivity contribution in [3.63, 3.8) is 0 Å². The van der Waals surface area contributed by atoms with Gasteiger partial charge in [0.25, 0.3) is 11.8 Å². The molecule has 34 heavy (non-hydrogen) atoms. The molecule has 0 saturated heterocycles. The molecule has 0 aliphatic heterocycles. The molecule has 0 fully saturated rings. The second-order valence-electron chi connectivity index (χ2n) is 6.54. The van der Waals surface area contributed by atoms with Gasteiger partial charge in [-0.25, -0.2) is 15.2 Å². The largest absolute Gasteiger partial charge is 0.464 e. The van der Waals surface area contributed by atoms with E-state index >= 15 is 0 Å². The lowest BCUT2D eigenvalue weighted by atomic mass is 10.2. The van der Waals surface area contributed by atoms with Gasteiger partial charge in [0.05, 0.1) is 10.2 Å². The number of Topliss-reactive ketones (excluding diaryl/α,β-unsaturated/α-hetero) is 1. The Morgan fingerprint density at radius 3 is 2.56 bits per heavy atom. The molecule has 14 heteroatoms. The third kappa shape index (κ3) is 6.74. The van der Waals surface area contributed by atoms with E-state index in [-0.39, 0.29) is 45.1 Å². The fourth-order valence-electron chi connectivity index (χ4n) is 2.33. The summed E-state index contributed by atoms with van der Waals surface area (Å²) in [5, 5.41) is 1.39. The van der Waals surface area contributed by atoms with E-state index in [1.54, 1.807) is 0 Å². The highest BCUT2D eigenvalue weighted by molar-refractivity contribution is 9.10. The average molecular weight is 549 g/mol. The second kappa shape index (κ2) is 11.1. The third-order valence-electron chi connectivity index (χ3n) is 4.10. The number of rotatable bonds is 9. The molecule has 0 bridgehead atoms. The van der Waals surface area contributed by atoms with Crippen LogP contribution in [0.25, 0.3) is 0 Å². The summed E-state index contributed by atoms with van der Waals surface area (Å²) in [6, 6.07) is 4.49. The topological polar surface area (TPSA) is 124 Å². The smallest absolute Gasteiger partial charge is 0.433 e. The number of hydrogen-bond acceptors (Lipinski definition) is 8. The summed E-state index contributed by atoms with van der Waals surface area (Å²) in [6.07, 6.45) is -4.84. The molecule has 1 aromatic heterocycles. The Hall–Kier alpha value is -3.52. The van der Waals surface area contributed by atoms with Gasteiger partial charge in [-0.05, 0) is 48.0 Å². The van der Waals surface area contributed by atoms with Crippen molar-refractivity contribution in [1.29, 1.82) is 0 Å². The minimum atomic E-state index is -5.19. The molecule has 1 aromatic carbocycles. The number of nitrogens with zero attached hydrogens (tertiary/aromatic N) is 2. The number of imide groups is 1. The number of nitrogens with two attached hydrogens (primary N) is 1. The lowest BCUT2D eigenvalue weighted by molar-refractivity contribution is -0.123. The van der Waals surface area contributed by atoms with Crippen molar-refractivity contribution < 1.29 is 41.4 Å². The number of halogens is 5. The van der Waals surface area contributed by atoms with Crippen LogP contribution >= 0.6 is 15.9 Å². The lowest BCUT2D eigenvalue weighted by Crippen LogP contribution is -2.39. The minimum absolute atomic E-state index is 0.00666. The van der Waals surface area contributed by atoms with Crippen molar-refractivity contribution in [2.45, 2.75) is 26.1 Å². The fraction of sp³-hybridized carbons (Fsp3) is 0.200. The lowest BCUT2D eigenvalue weighted by Gasteiger charge is -2.25. The number of hydrazine groups is 1. The summed E-state index contributed by atoms with van der Waals surface area (Å²) in [7, 11) is 0. The molecule has 1 unspecified atom stereocenters. The first kappa shape index (κ1) is 26.7. The van der Waals surface area contributed by atoms with Crippen molar-refractivity contribution in [3.8, 4) is 17.4 Å². The molecular formula is C20H17BrF4N4O5. The summed E-state index contributed by atoms with van der Waals surface area (Å²) >= 11 is 3.04. The van der Waals surface area contributed by atoms with E-state index in [0.29, 0.717) is 0 Å². The van der Waals surface area contributed by atoms with Gasteiger partial charge in [0.2, 0.25) is 6.41 Å². The van der Waals surface area contributed by atoms with Gasteiger partial charge in [0.1, 0.15) is 17.3 Å². The Morgan fingerprint density at radius 2 is 1.97 bits per heavy atom. The van der Waals surface area contributed by atoms with Gasteiger partial charge in [-0.15, -0.1) is 0 Å². The maximum absolute atomic E-state index is 14.6. The van der Waals surface area contributed by atoms with Crippen LogP contribution in [-0.4, -0.2) is 35.4 Å². The predicted molar refractivity (Wildman–Crippen MR) is 114 cm³/mol. The zero-order valence-corrected chi connectivity index (χ0v) is 19.1. The Bertz CT molecular complexity index is 1130. The Balaban J connectivity index is 2.49. The normalized spacial score (nSPS) is 12.5. The first-order valence-corrected chi connectivity index (χ1v) is 10.0. The summed E-state index contributed by atoms with van der Waals surface area (Å²) in [4.78, 5) is 37.3. The van der Waals surface area contributed by atoms with Gasteiger partial charge in [-0.2, -0.15) is 13.2 Å². The van der Waals surface area contributed by atoms with E-state index in [0.717, 1.165) is 12.1 Å². The van der Waals surface area contributed by atoms with Crippen molar-refractivity contribution in [2.75, 3.05) is 5.01 Å². The van der Waals surface area contributed by atoms with Gasteiger partial charge in [0, 0.05) is 18.3 Å². The van der Waals surface area contributed by atoms with Crippen LogP contribution in [0.2, 0.25) is 0 Å². The van der Waals surface area contributed by atoms with E-state index in [9.17, 15) is 31.9 Å². The number of alkyl halides is 3. The molecular weight excluding hydrogens is 532 g/mol. The van der Waals surface area contributed by atoms with E-state index in [4.69, 9.17) is 15.3 Å². The monoisotopic (exact) mass is 548 g/mol. The molecule has 9 nitrogen and oxygen atoms in total. The Kier molecular flexibility index (Phi) is 8.70. The predicted octanol–water partition coefficient (Wildman–Crippen LogP) is 3.53. The number of ketones is 1. The number of ether oxygens (including phenoxy) is 2. The van der Waals surface area contributed by atoms with Crippen LogP contribution in [0.4, 0.5) is 23.2 Å². The molecule has 0 saturated carbocycles.